The van der Waals surface area contributed by atoms with E-state index in [4.69, 9.17) is 26.4 Å². The SMILES string of the molecule is Cc1ncsc1-c1ccc(CNC(=O)C2CCCN2C(=O)C(NC(=O)COCCOCCOc2ccc(-c3ccc(N(C(=S)N(C)c4ccc(C#N)c(C(F)(F)F)c4F)C(C)(C)C=O)cn3)cc2)C(C)(C)C)cc1. The molecule has 0 spiro atoms. The van der Waals surface area contributed by atoms with Gasteiger partial charge in [0.25, 0.3) is 0 Å². The van der Waals surface area contributed by atoms with Gasteiger partial charge in [-0.1, -0.05) is 45.0 Å². The van der Waals surface area contributed by atoms with E-state index in [1.54, 1.807) is 52.6 Å². The summed E-state index contributed by atoms with van der Waals surface area (Å²) in [6.45, 7) is 11.7. The van der Waals surface area contributed by atoms with Gasteiger partial charge in [-0.15, -0.1) is 11.3 Å². The maximum absolute atomic E-state index is 15.4. The number of carbonyl (C=O) groups is 4. The molecule has 1 aliphatic rings. The molecule has 1 saturated heterocycles. The summed E-state index contributed by atoms with van der Waals surface area (Å²) in [5, 5.41) is 14.8. The van der Waals surface area contributed by atoms with Crippen molar-refractivity contribution in [1.82, 2.24) is 25.5 Å². The monoisotopic (exact) mass is 1060 g/mol. The number of nitrogens with zero attached hydrogens (tertiary/aromatic N) is 6. The molecule has 6 rings (SSSR count). The first-order chi connectivity index (χ1) is 35.0. The number of hydrogen-bond acceptors (Lipinski definition) is 12. The number of alkyl halides is 3. The van der Waals surface area contributed by atoms with Gasteiger partial charge in [0.05, 0.1) is 76.3 Å². The molecule has 0 bridgehead atoms. The molecule has 392 valence electrons. The van der Waals surface area contributed by atoms with Crippen LogP contribution in [0.3, 0.4) is 0 Å². The van der Waals surface area contributed by atoms with Crippen LogP contribution in [0.25, 0.3) is 21.7 Å². The number of rotatable bonds is 20. The highest BCUT2D eigenvalue weighted by Crippen LogP contribution is 2.39. The van der Waals surface area contributed by atoms with Crippen LogP contribution in [0.4, 0.5) is 28.9 Å². The number of thiocarbonyl (C=S) groups is 1. The van der Waals surface area contributed by atoms with Crippen LogP contribution in [0.5, 0.6) is 5.75 Å². The second-order valence-electron chi connectivity index (χ2n) is 19.1. The third-order valence-electron chi connectivity index (χ3n) is 12.2. The second-order valence-corrected chi connectivity index (χ2v) is 20.3. The Kier molecular flexibility index (Phi) is 18.6. The van der Waals surface area contributed by atoms with Gasteiger partial charge in [-0.3, -0.25) is 19.4 Å². The van der Waals surface area contributed by atoms with Gasteiger partial charge in [0.15, 0.2) is 10.9 Å². The first kappa shape index (κ1) is 56.4. The van der Waals surface area contributed by atoms with Crippen LogP contribution in [-0.2, 0) is 41.4 Å². The number of aldehydes is 1. The van der Waals surface area contributed by atoms with Crippen LogP contribution < -0.4 is 25.2 Å². The minimum atomic E-state index is -5.15. The molecular weight excluding hydrogens is 1000 g/mol. The molecule has 5 aromatic rings. The lowest BCUT2D eigenvalue weighted by molar-refractivity contribution is -0.144. The molecule has 1 fully saturated rings. The Balaban J connectivity index is 0.924. The van der Waals surface area contributed by atoms with E-state index in [2.05, 4.69) is 20.6 Å². The van der Waals surface area contributed by atoms with E-state index < -0.39 is 57.8 Å². The molecule has 2 unspecified atom stereocenters. The number of aromatic nitrogens is 2. The van der Waals surface area contributed by atoms with E-state index in [1.807, 2.05) is 57.5 Å². The van der Waals surface area contributed by atoms with Gasteiger partial charge in [-0.05, 0) is 111 Å². The van der Waals surface area contributed by atoms with E-state index in [0.717, 1.165) is 38.7 Å². The standard InChI is InChI=1S/C53H58F4N8O7S2/c1-33-46(74-32-61-33)36-12-10-34(11-13-36)28-60-48(68)42-9-8-22-64(42)49(69)47(51(2,3)4)62-43(67)30-71-24-23-70-25-26-72-39-18-14-35(15-19-39)40-20-17-38(29-59-40)65(52(5,6)31-66)50(73)63(7)41-21-16-37(27-58)44(45(41)54)53(55,56)57/h10-21,29,31-32,42,47H,8-9,22-26,28,30H2,1-7H3,(H,60,68)(H,62,67). The predicted octanol–water partition coefficient (Wildman–Crippen LogP) is 8.67. The third-order valence-corrected chi connectivity index (χ3v) is 13.6. The topological polar surface area (TPSA) is 179 Å². The zero-order valence-electron chi connectivity index (χ0n) is 42.0. The molecule has 2 N–H and O–H groups in total. The van der Waals surface area contributed by atoms with Crippen LogP contribution in [0.15, 0.2) is 84.5 Å². The van der Waals surface area contributed by atoms with Crippen molar-refractivity contribution in [1.29, 1.82) is 5.26 Å². The van der Waals surface area contributed by atoms with Crippen molar-refractivity contribution in [2.45, 2.75) is 84.7 Å². The van der Waals surface area contributed by atoms with E-state index in [-0.39, 0.29) is 50.0 Å². The van der Waals surface area contributed by atoms with Gasteiger partial charge in [-0.25, -0.2) is 9.37 Å². The van der Waals surface area contributed by atoms with E-state index in [9.17, 15) is 37.6 Å². The summed E-state index contributed by atoms with van der Waals surface area (Å²) in [6, 6.07) is 19.9. The summed E-state index contributed by atoms with van der Waals surface area (Å²) in [5.74, 6) is -2.18. The third kappa shape index (κ3) is 13.8. The molecule has 1 aliphatic heterocycles. The van der Waals surface area contributed by atoms with Gasteiger partial charge in [-0.2, -0.15) is 18.4 Å². The van der Waals surface area contributed by atoms with Crippen molar-refractivity contribution >= 4 is 64.0 Å². The second kappa shape index (κ2) is 24.4. The van der Waals surface area contributed by atoms with Gasteiger partial charge < -0.3 is 44.3 Å². The van der Waals surface area contributed by atoms with Gasteiger partial charge >= 0.3 is 6.18 Å². The lowest BCUT2D eigenvalue weighted by Gasteiger charge is -2.39. The van der Waals surface area contributed by atoms with Crippen molar-refractivity contribution < 1.29 is 51.0 Å². The molecule has 3 aromatic carbocycles. The Morgan fingerprint density at radius 1 is 0.946 bits per heavy atom. The largest absolute Gasteiger partial charge is 0.491 e. The normalized spacial score (nSPS) is 14.2. The summed E-state index contributed by atoms with van der Waals surface area (Å²) in [7, 11) is 1.26. The summed E-state index contributed by atoms with van der Waals surface area (Å²) in [6.07, 6.45) is -1.95. The number of halogens is 4. The number of ether oxygens (including phenoxy) is 3. The number of carbonyl (C=O) groups excluding carboxylic acids is 4. The molecule has 3 heterocycles. The summed E-state index contributed by atoms with van der Waals surface area (Å²) >= 11 is 7.19. The van der Waals surface area contributed by atoms with E-state index in [0.29, 0.717) is 54.9 Å². The van der Waals surface area contributed by atoms with Crippen molar-refractivity contribution in [3.63, 3.8) is 0 Å². The molecule has 3 amide bonds. The van der Waals surface area contributed by atoms with Crippen molar-refractivity contribution in [2.75, 3.05) is 56.4 Å². The summed E-state index contributed by atoms with van der Waals surface area (Å²) in [4.78, 5) is 66.5. The van der Waals surface area contributed by atoms with E-state index in [1.165, 1.54) is 38.1 Å². The molecule has 0 radical (unpaired) electrons. The van der Waals surface area contributed by atoms with Crippen LogP contribution in [0, 0.1) is 29.5 Å². The molecule has 74 heavy (non-hydrogen) atoms. The minimum absolute atomic E-state index is 0.107. The van der Waals surface area contributed by atoms with Crippen LogP contribution in [-0.4, -0.2) is 108 Å². The van der Waals surface area contributed by atoms with Crippen LogP contribution >= 0.6 is 23.6 Å². The molecule has 21 heteroatoms. The lowest BCUT2D eigenvalue weighted by atomic mass is 9.85. The van der Waals surface area contributed by atoms with Crippen molar-refractivity contribution in [3.8, 4) is 33.5 Å². The predicted molar refractivity (Wildman–Crippen MR) is 277 cm³/mol. The van der Waals surface area contributed by atoms with E-state index >= 15 is 4.39 Å². The molecular formula is C53H58F4N8O7S2. The number of benzene rings is 3. The first-order valence-corrected chi connectivity index (χ1v) is 24.9. The van der Waals surface area contributed by atoms with Gasteiger partial charge in [0.1, 0.15) is 42.9 Å². The number of amides is 3. The minimum Gasteiger partial charge on any atom is -0.491 e. The fourth-order valence-electron chi connectivity index (χ4n) is 8.18. The zero-order valence-corrected chi connectivity index (χ0v) is 43.7. The Morgan fingerprint density at radius 3 is 2.23 bits per heavy atom. The molecule has 2 atom stereocenters. The lowest BCUT2D eigenvalue weighted by Crippen LogP contribution is -2.58. The van der Waals surface area contributed by atoms with Crippen LogP contribution in [0.1, 0.15) is 69.8 Å². The number of nitriles is 1. The van der Waals surface area contributed by atoms with Crippen molar-refractivity contribution in [3.05, 3.63) is 113 Å². The first-order valence-electron chi connectivity index (χ1n) is 23.6. The Morgan fingerprint density at radius 2 is 1.62 bits per heavy atom. The fraction of sp³-hybridized carbons (Fsp3) is 0.396. The number of anilines is 2. The number of nitrogens with one attached hydrogen (secondary N) is 2. The smallest absolute Gasteiger partial charge is 0.420 e. The molecule has 2 aromatic heterocycles. The number of pyridine rings is 1. The zero-order chi connectivity index (χ0) is 54.0. The van der Waals surface area contributed by atoms with Gasteiger partial charge in [0, 0.05) is 25.7 Å². The summed E-state index contributed by atoms with van der Waals surface area (Å²) < 4.78 is 73.7. The van der Waals surface area contributed by atoms with Gasteiger partial charge in [0.2, 0.25) is 17.7 Å². The quantitative estimate of drug-likeness (QED) is 0.0328. The maximum Gasteiger partial charge on any atom is 0.420 e. The Labute approximate surface area is 436 Å². The number of hydrogen-bond donors (Lipinski definition) is 2. The average Bonchev–Trinajstić information content (AvgIpc) is 4.05. The molecule has 15 nitrogen and oxygen atoms in total. The van der Waals surface area contributed by atoms with Crippen molar-refractivity contribution in [2.24, 2.45) is 5.41 Å². The molecule has 0 saturated carbocycles. The number of aryl methyl sites for hydroxylation is 1. The number of thiazole rings is 1. The average molecular weight is 1060 g/mol. The molecule has 0 aliphatic carbocycles. The fourth-order valence-corrected chi connectivity index (χ4v) is 9.43. The Bertz CT molecular complexity index is 2830. The highest BCUT2D eigenvalue weighted by Gasteiger charge is 2.43. The maximum atomic E-state index is 15.4. The highest BCUT2D eigenvalue weighted by molar-refractivity contribution is 7.80. The summed E-state index contributed by atoms with van der Waals surface area (Å²) in [5.41, 5.74) is 1.15. The van der Waals surface area contributed by atoms with Crippen LogP contribution in [0.2, 0.25) is 0 Å². The number of likely N-dealkylation sites (tertiary alicyclic amines) is 1. The Hall–Kier alpha value is -6.86. The highest BCUT2D eigenvalue weighted by atomic mass is 32.1.